The van der Waals surface area contributed by atoms with Crippen LogP contribution in [0.5, 0.6) is 0 Å². The van der Waals surface area contributed by atoms with Gasteiger partial charge in [-0.05, 0) is 49.0 Å². The average Bonchev–Trinajstić information content (AvgIpc) is 2.70. The number of rotatable bonds is 4. The van der Waals surface area contributed by atoms with E-state index in [0.29, 0.717) is 5.92 Å². The van der Waals surface area contributed by atoms with Gasteiger partial charge in [-0.15, -0.1) is 0 Å². The first kappa shape index (κ1) is 11.5. The fourth-order valence-corrected chi connectivity index (χ4v) is 2.80. The van der Waals surface area contributed by atoms with Gasteiger partial charge < -0.3 is 10.6 Å². The molecule has 1 aliphatic carbocycles. The first-order chi connectivity index (χ1) is 7.76. The van der Waals surface area contributed by atoms with Crippen molar-refractivity contribution in [2.75, 3.05) is 25.4 Å². The van der Waals surface area contributed by atoms with Crippen LogP contribution in [0.15, 0.2) is 18.2 Å². The third kappa shape index (κ3) is 2.07. The number of hydrogen-bond donors (Lipinski definition) is 1. The van der Waals surface area contributed by atoms with Gasteiger partial charge in [0, 0.05) is 12.2 Å². The van der Waals surface area contributed by atoms with Crippen LogP contribution in [0.4, 0.5) is 5.69 Å². The second kappa shape index (κ2) is 4.88. The van der Waals surface area contributed by atoms with Crippen LogP contribution < -0.4 is 5.73 Å². The summed E-state index contributed by atoms with van der Waals surface area (Å²) in [7, 11) is 0. The molecule has 0 spiro atoms. The summed E-state index contributed by atoms with van der Waals surface area (Å²) in [5.74, 6) is 0.649. The molecule has 1 unspecified atom stereocenters. The van der Waals surface area contributed by atoms with E-state index in [1.54, 1.807) is 0 Å². The molecule has 2 N–H and O–H groups in total. The summed E-state index contributed by atoms with van der Waals surface area (Å²) in [5, 5.41) is 0. The maximum Gasteiger partial charge on any atom is 0.0352 e. The highest BCUT2D eigenvalue weighted by Crippen LogP contribution is 2.37. The number of aryl methyl sites for hydroxylation is 1. The Kier molecular flexibility index (Phi) is 3.49. The van der Waals surface area contributed by atoms with E-state index in [9.17, 15) is 0 Å². The summed E-state index contributed by atoms with van der Waals surface area (Å²) >= 11 is 0. The molecule has 1 aromatic rings. The molecule has 0 bridgehead atoms. The SMILES string of the molecule is CCN(CC)CC1CCc2cccc(N)c21. The number of benzene rings is 1. The van der Waals surface area contributed by atoms with Gasteiger partial charge in [0.15, 0.2) is 0 Å². The number of hydrogen-bond acceptors (Lipinski definition) is 2. The van der Waals surface area contributed by atoms with Crippen molar-refractivity contribution in [2.24, 2.45) is 0 Å². The van der Waals surface area contributed by atoms with Crippen LogP contribution in [0.1, 0.15) is 37.3 Å². The van der Waals surface area contributed by atoms with E-state index in [1.165, 1.54) is 24.0 Å². The zero-order chi connectivity index (χ0) is 11.5. The smallest absolute Gasteiger partial charge is 0.0352 e. The minimum absolute atomic E-state index is 0.649. The number of nitrogens with zero attached hydrogens (tertiary/aromatic N) is 1. The van der Waals surface area contributed by atoms with Gasteiger partial charge in [-0.1, -0.05) is 26.0 Å². The summed E-state index contributed by atoms with van der Waals surface area (Å²) in [6.07, 6.45) is 2.46. The second-order valence-electron chi connectivity index (χ2n) is 4.64. The van der Waals surface area contributed by atoms with Crippen LogP contribution >= 0.6 is 0 Å². The largest absolute Gasteiger partial charge is 0.398 e. The Morgan fingerprint density at radius 1 is 1.31 bits per heavy atom. The van der Waals surface area contributed by atoms with Crippen LogP contribution in [0.2, 0.25) is 0 Å². The van der Waals surface area contributed by atoms with E-state index in [-0.39, 0.29) is 0 Å². The van der Waals surface area contributed by atoms with E-state index in [1.807, 2.05) is 6.07 Å². The first-order valence-electron chi connectivity index (χ1n) is 6.35. The molecule has 0 amide bonds. The molecule has 0 aromatic heterocycles. The summed E-state index contributed by atoms with van der Waals surface area (Å²) < 4.78 is 0. The second-order valence-corrected chi connectivity index (χ2v) is 4.64. The van der Waals surface area contributed by atoms with Crippen molar-refractivity contribution in [1.82, 2.24) is 4.90 Å². The Morgan fingerprint density at radius 2 is 2.06 bits per heavy atom. The van der Waals surface area contributed by atoms with Gasteiger partial charge in [0.05, 0.1) is 0 Å². The maximum atomic E-state index is 6.10. The fraction of sp³-hybridized carbons (Fsp3) is 0.571. The summed E-state index contributed by atoms with van der Waals surface area (Å²) in [4.78, 5) is 2.49. The molecule has 0 fully saturated rings. The van der Waals surface area contributed by atoms with Gasteiger partial charge >= 0.3 is 0 Å². The van der Waals surface area contributed by atoms with E-state index in [0.717, 1.165) is 25.3 Å². The number of fused-ring (bicyclic) bond motifs is 1. The van der Waals surface area contributed by atoms with E-state index in [4.69, 9.17) is 5.73 Å². The van der Waals surface area contributed by atoms with Crippen LogP contribution in [0.3, 0.4) is 0 Å². The zero-order valence-corrected chi connectivity index (χ0v) is 10.4. The van der Waals surface area contributed by atoms with E-state index in [2.05, 4.69) is 30.9 Å². The van der Waals surface area contributed by atoms with Gasteiger partial charge in [0.2, 0.25) is 0 Å². The zero-order valence-electron chi connectivity index (χ0n) is 10.4. The topological polar surface area (TPSA) is 29.3 Å². The fourth-order valence-electron chi connectivity index (χ4n) is 2.80. The van der Waals surface area contributed by atoms with Crippen molar-refractivity contribution < 1.29 is 0 Å². The molecule has 2 rings (SSSR count). The van der Waals surface area contributed by atoms with Crippen molar-refractivity contribution in [3.63, 3.8) is 0 Å². The molecular formula is C14H22N2. The molecule has 0 saturated heterocycles. The lowest BCUT2D eigenvalue weighted by Gasteiger charge is -2.23. The molecule has 88 valence electrons. The standard InChI is InChI=1S/C14H22N2/c1-3-16(4-2)10-12-9-8-11-6-5-7-13(15)14(11)12/h5-7,12H,3-4,8-10,15H2,1-2H3. The summed E-state index contributed by atoms with van der Waals surface area (Å²) in [5.41, 5.74) is 9.99. The molecule has 16 heavy (non-hydrogen) atoms. The molecular weight excluding hydrogens is 196 g/mol. The minimum atomic E-state index is 0.649. The third-order valence-corrected chi connectivity index (χ3v) is 3.77. The highest BCUT2D eigenvalue weighted by molar-refractivity contribution is 5.55. The quantitative estimate of drug-likeness (QED) is 0.787. The Balaban J connectivity index is 2.16. The highest BCUT2D eigenvalue weighted by Gasteiger charge is 2.25. The van der Waals surface area contributed by atoms with Gasteiger partial charge in [-0.3, -0.25) is 0 Å². The monoisotopic (exact) mass is 218 g/mol. The highest BCUT2D eigenvalue weighted by atomic mass is 15.1. The number of anilines is 1. The molecule has 0 radical (unpaired) electrons. The van der Waals surface area contributed by atoms with Crippen molar-refractivity contribution in [1.29, 1.82) is 0 Å². The lowest BCUT2D eigenvalue weighted by atomic mass is 9.99. The summed E-state index contributed by atoms with van der Waals surface area (Å²) in [6.45, 7) is 7.89. The van der Waals surface area contributed by atoms with Gasteiger partial charge in [0.25, 0.3) is 0 Å². The molecule has 2 heteroatoms. The molecule has 1 aromatic carbocycles. The predicted molar refractivity (Wildman–Crippen MR) is 69.7 cm³/mol. The van der Waals surface area contributed by atoms with E-state index < -0.39 is 0 Å². The van der Waals surface area contributed by atoms with Gasteiger partial charge in [0.1, 0.15) is 0 Å². The Morgan fingerprint density at radius 3 is 2.75 bits per heavy atom. The number of nitrogen functional groups attached to an aromatic ring is 1. The summed E-state index contributed by atoms with van der Waals surface area (Å²) in [6, 6.07) is 6.35. The van der Waals surface area contributed by atoms with Crippen LogP contribution in [0, 0.1) is 0 Å². The molecule has 2 nitrogen and oxygen atoms in total. The molecule has 1 atom stereocenters. The van der Waals surface area contributed by atoms with Gasteiger partial charge in [-0.25, -0.2) is 0 Å². The minimum Gasteiger partial charge on any atom is -0.398 e. The Bertz CT molecular complexity index is 356. The van der Waals surface area contributed by atoms with Crippen molar-refractivity contribution >= 4 is 5.69 Å². The van der Waals surface area contributed by atoms with Crippen LogP contribution in [0.25, 0.3) is 0 Å². The van der Waals surface area contributed by atoms with E-state index >= 15 is 0 Å². The van der Waals surface area contributed by atoms with Crippen molar-refractivity contribution in [3.8, 4) is 0 Å². The third-order valence-electron chi connectivity index (χ3n) is 3.77. The average molecular weight is 218 g/mol. The predicted octanol–water partition coefficient (Wildman–Crippen LogP) is 2.64. The lowest BCUT2D eigenvalue weighted by molar-refractivity contribution is 0.282. The first-order valence-corrected chi connectivity index (χ1v) is 6.35. The van der Waals surface area contributed by atoms with Crippen LogP contribution in [-0.4, -0.2) is 24.5 Å². The number of nitrogens with two attached hydrogens (primary N) is 1. The molecule has 1 aliphatic rings. The Labute approximate surface area is 98.4 Å². The van der Waals surface area contributed by atoms with Crippen molar-refractivity contribution in [3.05, 3.63) is 29.3 Å². The lowest BCUT2D eigenvalue weighted by Crippen LogP contribution is -2.27. The van der Waals surface area contributed by atoms with Gasteiger partial charge in [-0.2, -0.15) is 0 Å². The molecule has 0 saturated carbocycles. The van der Waals surface area contributed by atoms with Crippen LogP contribution in [-0.2, 0) is 6.42 Å². The molecule has 0 heterocycles. The van der Waals surface area contributed by atoms with Crippen molar-refractivity contribution in [2.45, 2.75) is 32.6 Å². The Hall–Kier alpha value is -1.02. The maximum absolute atomic E-state index is 6.10. The number of likely N-dealkylation sites (N-methyl/N-ethyl adjacent to an activating group) is 1. The normalized spacial score (nSPS) is 19.1. The molecule has 0 aliphatic heterocycles.